The summed E-state index contributed by atoms with van der Waals surface area (Å²) in [6.07, 6.45) is 1.36. The molecule has 4 rings (SSSR count). The summed E-state index contributed by atoms with van der Waals surface area (Å²) in [4.78, 5) is 31.8. The molecule has 33 heavy (non-hydrogen) atoms. The molecule has 0 aliphatic heterocycles. The Morgan fingerprint density at radius 3 is 2.55 bits per heavy atom. The number of hydrogen-bond donors (Lipinski definition) is 1. The molecule has 0 spiro atoms. The Labute approximate surface area is 195 Å². The minimum absolute atomic E-state index is 0.0629. The van der Waals surface area contributed by atoms with E-state index < -0.39 is 15.9 Å². The van der Waals surface area contributed by atoms with Crippen LogP contribution >= 0.6 is 11.3 Å². The van der Waals surface area contributed by atoms with Crippen LogP contribution in [0.4, 0.5) is 5.69 Å². The number of aromatic nitrogens is 2. The van der Waals surface area contributed by atoms with Crippen molar-refractivity contribution >= 4 is 43.2 Å². The van der Waals surface area contributed by atoms with Crippen LogP contribution in [0.3, 0.4) is 0 Å². The Hall–Kier alpha value is -3.34. The second kappa shape index (κ2) is 8.89. The second-order valence-electron chi connectivity index (χ2n) is 7.64. The predicted molar refractivity (Wildman–Crippen MR) is 130 cm³/mol. The first-order valence-corrected chi connectivity index (χ1v) is 12.3. The highest BCUT2D eigenvalue weighted by atomic mass is 32.2. The standard InChI is InChI=1S/C23H22N4O4S2/c1-15-20-22(32-21(15)16-8-5-4-6-9-16)24-14-27(23(20)29)13-19(28)25-17-10-7-11-18(12-17)33(30,31)26(2)3/h4-12,14H,13H2,1-3H3,(H,25,28). The zero-order chi connectivity index (χ0) is 23.8. The van der Waals surface area contributed by atoms with Gasteiger partial charge in [-0.05, 0) is 36.2 Å². The summed E-state index contributed by atoms with van der Waals surface area (Å²) in [6.45, 7) is 1.63. The van der Waals surface area contributed by atoms with E-state index in [4.69, 9.17) is 0 Å². The quantitative estimate of drug-likeness (QED) is 0.454. The SMILES string of the molecule is Cc1c(-c2ccccc2)sc2ncn(CC(=O)Nc3cccc(S(=O)(=O)N(C)C)c3)c(=O)c12. The lowest BCUT2D eigenvalue weighted by atomic mass is 10.1. The van der Waals surface area contributed by atoms with Gasteiger partial charge < -0.3 is 5.32 Å². The fraction of sp³-hybridized carbons (Fsp3) is 0.174. The van der Waals surface area contributed by atoms with E-state index in [1.54, 1.807) is 12.1 Å². The minimum atomic E-state index is -3.63. The third-order valence-electron chi connectivity index (χ3n) is 5.16. The smallest absolute Gasteiger partial charge is 0.262 e. The Balaban J connectivity index is 1.60. The van der Waals surface area contributed by atoms with Gasteiger partial charge in [-0.15, -0.1) is 11.3 Å². The van der Waals surface area contributed by atoms with E-state index in [9.17, 15) is 18.0 Å². The van der Waals surface area contributed by atoms with Crippen LogP contribution < -0.4 is 10.9 Å². The molecule has 0 radical (unpaired) electrons. The molecule has 0 saturated carbocycles. The van der Waals surface area contributed by atoms with E-state index in [0.29, 0.717) is 15.9 Å². The van der Waals surface area contributed by atoms with Gasteiger partial charge in [0.2, 0.25) is 15.9 Å². The number of anilines is 1. The van der Waals surface area contributed by atoms with Crippen LogP contribution in [0.1, 0.15) is 5.56 Å². The van der Waals surface area contributed by atoms with Crippen molar-refractivity contribution in [2.45, 2.75) is 18.4 Å². The number of carbonyl (C=O) groups excluding carboxylic acids is 1. The van der Waals surface area contributed by atoms with Gasteiger partial charge in [-0.25, -0.2) is 17.7 Å². The highest BCUT2D eigenvalue weighted by Crippen LogP contribution is 2.35. The van der Waals surface area contributed by atoms with Crippen molar-refractivity contribution in [1.82, 2.24) is 13.9 Å². The van der Waals surface area contributed by atoms with E-state index >= 15 is 0 Å². The molecular formula is C23H22N4O4S2. The van der Waals surface area contributed by atoms with E-state index in [1.165, 1.54) is 48.5 Å². The largest absolute Gasteiger partial charge is 0.324 e. The average molecular weight is 483 g/mol. The normalized spacial score (nSPS) is 11.8. The summed E-state index contributed by atoms with van der Waals surface area (Å²) in [5.41, 5.74) is 1.86. The summed E-state index contributed by atoms with van der Waals surface area (Å²) < 4.78 is 27.0. The number of benzene rings is 2. The lowest BCUT2D eigenvalue weighted by molar-refractivity contribution is -0.116. The van der Waals surface area contributed by atoms with Crippen molar-refractivity contribution in [2.24, 2.45) is 0 Å². The van der Waals surface area contributed by atoms with Crippen LogP contribution in [-0.4, -0.2) is 42.3 Å². The number of nitrogens with one attached hydrogen (secondary N) is 1. The summed E-state index contributed by atoms with van der Waals surface area (Å²) in [5.74, 6) is -0.464. The Bertz CT molecular complexity index is 1510. The van der Waals surface area contributed by atoms with Gasteiger partial charge in [0.25, 0.3) is 5.56 Å². The maximum atomic E-state index is 13.1. The predicted octanol–water partition coefficient (Wildman–Crippen LogP) is 3.32. The summed E-state index contributed by atoms with van der Waals surface area (Å²) in [6, 6.07) is 15.7. The lowest BCUT2D eigenvalue weighted by Gasteiger charge is -2.13. The average Bonchev–Trinajstić information content (AvgIpc) is 3.13. The number of fused-ring (bicyclic) bond motifs is 1. The van der Waals surface area contributed by atoms with Crippen molar-refractivity contribution in [1.29, 1.82) is 0 Å². The van der Waals surface area contributed by atoms with Crippen LogP contribution in [0.5, 0.6) is 0 Å². The Kier molecular flexibility index (Phi) is 6.15. The maximum Gasteiger partial charge on any atom is 0.262 e. The number of rotatable bonds is 6. The van der Waals surface area contributed by atoms with Gasteiger partial charge in [0.1, 0.15) is 11.4 Å². The van der Waals surface area contributed by atoms with E-state index in [-0.39, 0.29) is 17.0 Å². The molecule has 2 aromatic heterocycles. The molecule has 8 nitrogen and oxygen atoms in total. The fourth-order valence-electron chi connectivity index (χ4n) is 3.44. The molecular weight excluding hydrogens is 460 g/mol. The molecule has 2 heterocycles. The van der Waals surface area contributed by atoms with Crippen LogP contribution in [0.15, 0.2) is 70.6 Å². The maximum absolute atomic E-state index is 13.1. The fourth-order valence-corrected chi connectivity index (χ4v) is 5.53. The Morgan fingerprint density at radius 2 is 1.85 bits per heavy atom. The number of thiophene rings is 1. The van der Waals surface area contributed by atoms with Gasteiger partial charge in [0.15, 0.2) is 0 Å². The minimum Gasteiger partial charge on any atom is -0.324 e. The lowest BCUT2D eigenvalue weighted by Crippen LogP contribution is -2.28. The van der Waals surface area contributed by atoms with Crippen LogP contribution in [-0.2, 0) is 21.4 Å². The third kappa shape index (κ3) is 4.45. The molecule has 10 heteroatoms. The second-order valence-corrected chi connectivity index (χ2v) is 10.8. The number of carbonyl (C=O) groups is 1. The molecule has 0 aliphatic carbocycles. The van der Waals surface area contributed by atoms with Crippen molar-refractivity contribution in [3.63, 3.8) is 0 Å². The molecule has 0 atom stereocenters. The molecule has 2 aromatic carbocycles. The number of aryl methyl sites for hydroxylation is 1. The number of hydrogen-bond acceptors (Lipinski definition) is 6. The molecule has 0 bridgehead atoms. The van der Waals surface area contributed by atoms with Crippen LogP contribution in [0.2, 0.25) is 0 Å². The summed E-state index contributed by atoms with van der Waals surface area (Å²) >= 11 is 1.44. The zero-order valence-corrected chi connectivity index (χ0v) is 19.9. The first kappa shape index (κ1) is 22.8. The van der Waals surface area contributed by atoms with E-state index in [1.807, 2.05) is 37.3 Å². The molecule has 1 amide bonds. The van der Waals surface area contributed by atoms with Gasteiger partial charge in [0, 0.05) is 24.7 Å². The van der Waals surface area contributed by atoms with Gasteiger partial charge in [-0.1, -0.05) is 36.4 Å². The third-order valence-corrected chi connectivity index (χ3v) is 8.22. The van der Waals surface area contributed by atoms with Crippen LogP contribution in [0.25, 0.3) is 20.7 Å². The number of nitrogens with zero attached hydrogens (tertiary/aromatic N) is 3. The topological polar surface area (TPSA) is 101 Å². The highest BCUT2D eigenvalue weighted by molar-refractivity contribution is 7.89. The molecule has 4 aromatic rings. The van der Waals surface area contributed by atoms with Gasteiger partial charge >= 0.3 is 0 Å². The van der Waals surface area contributed by atoms with Crippen molar-refractivity contribution in [2.75, 3.05) is 19.4 Å². The first-order valence-electron chi connectivity index (χ1n) is 10.0. The first-order chi connectivity index (χ1) is 15.7. The van der Waals surface area contributed by atoms with E-state index in [2.05, 4.69) is 10.3 Å². The van der Waals surface area contributed by atoms with Crippen molar-refractivity contribution in [3.05, 3.63) is 76.8 Å². The van der Waals surface area contributed by atoms with Crippen LogP contribution in [0, 0.1) is 6.92 Å². The molecule has 170 valence electrons. The highest BCUT2D eigenvalue weighted by Gasteiger charge is 2.19. The number of amides is 1. The molecule has 1 N–H and O–H groups in total. The van der Waals surface area contributed by atoms with Crippen molar-refractivity contribution in [3.8, 4) is 10.4 Å². The molecule has 0 unspecified atom stereocenters. The van der Waals surface area contributed by atoms with Gasteiger partial charge in [-0.3, -0.25) is 14.2 Å². The summed E-state index contributed by atoms with van der Waals surface area (Å²) in [7, 11) is -0.760. The molecule has 0 saturated heterocycles. The Morgan fingerprint density at radius 1 is 1.12 bits per heavy atom. The molecule has 0 aliphatic rings. The molecule has 0 fully saturated rings. The van der Waals surface area contributed by atoms with Gasteiger partial charge in [-0.2, -0.15) is 0 Å². The summed E-state index contributed by atoms with van der Waals surface area (Å²) in [5, 5.41) is 3.15. The van der Waals surface area contributed by atoms with Crippen molar-refractivity contribution < 1.29 is 13.2 Å². The zero-order valence-electron chi connectivity index (χ0n) is 18.3. The van der Waals surface area contributed by atoms with E-state index in [0.717, 1.165) is 20.3 Å². The number of sulfonamides is 1. The monoisotopic (exact) mass is 482 g/mol. The van der Waals surface area contributed by atoms with Gasteiger partial charge in [0.05, 0.1) is 16.6 Å².